The number of hydrogen-bond acceptors (Lipinski definition) is 8. The van der Waals surface area contributed by atoms with Crippen molar-refractivity contribution in [3.8, 4) is 0 Å². The molecule has 1 saturated heterocycles. The van der Waals surface area contributed by atoms with E-state index in [1.54, 1.807) is 32.0 Å². The summed E-state index contributed by atoms with van der Waals surface area (Å²) in [5.41, 5.74) is 1.15. The molecular weight excluding hydrogens is 378 g/mol. The number of anilines is 1. The predicted octanol–water partition coefficient (Wildman–Crippen LogP) is 0.476. The first-order valence-corrected chi connectivity index (χ1v) is 9.73. The van der Waals surface area contributed by atoms with Crippen molar-refractivity contribution in [2.75, 3.05) is 32.0 Å². The molecule has 0 radical (unpaired) electrons. The first kappa shape index (κ1) is 21.0. The molecule has 1 atom stereocenters. The van der Waals surface area contributed by atoms with Crippen molar-refractivity contribution in [1.29, 1.82) is 0 Å². The fraction of sp³-hybridized carbons (Fsp3) is 0.579. The topological polar surface area (TPSA) is 118 Å². The van der Waals surface area contributed by atoms with Gasteiger partial charge in [0, 0.05) is 24.0 Å². The molecule has 10 heteroatoms. The Kier molecular flexibility index (Phi) is 6.65. The summed E-state index contributed by atoms with van der Waals surface area (Å²) in [6.07, 6.45) is 1.01. The van der Waals surface area contributed by atoms with Crippen LogP contribution in [0.1, 0.15) is 32.3 Å². The van der Waals surface area contributed by atoms with Gasteiger partial charge in [0.1, 0.15) is 0 Å². The normalized spacial score (nSPS) is 17.2. The molecule has 158 valence electrons. The summed E-state index contributed by atoms with van der Waals surface area (Å²) >= 11 is 0. The Hall–Kier alpha value is -2.72. The molecule has 1 N–H and O–H groups in total. The smallest absolute Gasteiger partial charge is 0.460 e. The van der Waals surface area contributed by atoms with Crippen LogP contribution in [0.2, 0.25) is 0 Å². The molecule has 1 aliphatic rings. The largest absolute Gasteiger partial charge is 0.739 e. The molecule has 1 aromatic carbocycles. The number of likely N-dealkylation sites (N-methyl/N-ethyl adjacent to an activating group) is 1. The van der Waals surface area contributed by atoms with E-state index in [0.29, 0.717) is 16.2 Å². The Morgan fingerprint density at radius 2 is 2.17 bits per heavy atom. The van der Waals surface area contributed by atoms with Gasteiger partial charge < -0.3 is 24.8 Å². The number of nitrogens with zero attached hydrogens (tertiary/aromatic N) is 4. The Bertz CT molecular complexity index is 876. The monoisotopic (exact) mass is 405 g/mol. The number of aromatic nitrogens is 3. The second kappa shape index (κ2) is 9.19. The molecule has 1 fully saturated rings. The number of esters is 1. The van der Waals surface area contributed by atoms with Gasteiger partial charge in [-0.2, -0.15) is 0 Å². The van der Waals surface area contributed by atoms with Gasteiger partial charge in [-0.3, -0.25) is 10.1 Å². The molecule has 0 saturated carbocycles. The highest BCUT2D eigenvalue weighted by molar-refractivity contribution is 5.70. The van der Waals surface area contributed by atoms with Crippen LogP contribution in [0.3, 0.4) is 0 Å². The molecule has 2 aromatic rings. The van der Waals surface area contributed by atoms with E-state index in [-0.39, 0.29) is 48.1 Å². The van der Waals surface area contributed by atoms with E-state index < -0.39 is 0 Å². The highest BCUT2D eigenvalue weighted by Crippen LogP contribution is 2.15. The van der Waals surface area contributed by atoms with Crippen molar-refractivity contribution in [1.82, 2.24) is 10.00 Å². The molecule has 2 heterocycles. The zero-order valence-corrected chi connectivity index (χ0v) is 17.0. The van der Waals surface area contributed by atoms with Gasteiger partial charge in [0.15, 0.2) is 5.52 Å². The van der Waals surface area contributed by atoms with E-state index in [0.717, 1.165) is 25.1 Å². The second-order valence-corrected chi connectivity index (χ2v) is 7.51. The van der Waals surface area contributed by atoms with Crippen molar-refractivity contribution < 1.29 is 23.8 Å². The summed E-state index contributed by atoms with van der Waals surface area (Å²) in [7, 11) is 2.05. The summed E-state index contributed by atoms with van der Waals surface area (Å²) in [6.45, 7) is 5.91. The molecule has 0 spiro atoms. The Labute approximate surface area is 169 Å². The van der Waals surface area contributed by atoms with Gasteiger partial charge in [0.2, 0.25) is 5.10 Å². The fourth-order valence-electron chi connectivity index (χ4n) is 3.23. The lowest BCUT2D eigenvalue weighted by molar-refractivity contribution is -0.672. The number of carbonyl (C=O) groups excluding carboxylic acids is 1. The quantitative estimate of drug-likeness (QED) is 0.383. The van der Waals surface area contributed by atoms with Crippen LogP contribution in [0.15, 0.2) is 18.2 Å². The van der Waals surface area contributed by atoms with Crippen molar-refractivity contribution >= 4 is 23.0 Å². The Balaban J connectivity index is 1.66. The van der Waals surface area contributed by atoms with E-state index in [9.17, 15) is 15.2 Å². The van der Waals surface area contributed by atoms with Gasteiger partial charge >= 0.3 is 11.9 Å². The predicted molar refractivity (Wildman–Crippen MR) is 105 cm³/mol. The zero-order chi connectivity index (χ0) is 21.0. The average Bonchev–Trinajstić information content (AvgIpc) is 3.08. The van der Waals surface area contributed by atoms with E-state index in [1.807, 2.05) is 0 Å². The molecule has 29 heavy (non-hydrogen) atoms. The zero-order valence-electron chi connectivity index (χ0n) is 17.0. The SMILES string of the molecule is CC(C)OC(=O)CCNc1n[n+]([O-])c2cc(COC3CCN(C)C3)ccc2[n+]1[O-]. The van der Waals surface area contributed by atoms with Crippen LogP contribution in [0, 0.1) is 10.4 Å². The first-order chi connectivity index (χ1) is 13.8. The molecule has 0 amide bonds. The van der Waals surface area contributed by atoms with Crippen molar-refractivity contribution in [2.45, 2.75) is 45.5 Å². The molecule has 10 nitrogen and oxygen atoms in total. The number of hydrogen-bond donors (Lipinski definition) is 1. The maximum atomic E-state index is 12.5. The average molecular weight is 405 g/mol. The van der Waals surface area contributed by atoms with Crippen molar-refractivity contribution in [2.24, 2.45) is 0 Å². The van der Waals surface area contributed by atoms with E-state index >= 15 is 0 Å². The minimum atomic E-state index is -0.390. The minimum Gasteiger partial charge on any atom is -0.739 e. The lowest BCUT2D eigenvalue weighted by Crippen LogP contribution is -2.44. The van der Waals surface area contributed by atoms with Crippen LogP contribution >= 0.6 is 0 Å². The van der Waals surface area contributed by atoms with Crippen LogP contribution in [0.5, 0.6) is 0 Å². The highest BCUT2D eigenvalue weighted by atomic mass is 16.5. The molecule has 0 bridgehead atoms. The number of fused-ring (bicyclic) bond motifs is 1. The van der Waals surface area contributed by atoms with E-state index in [2.05, 4.69) is 22.4 Å². The van der Waals surface area contributed by atoms with Crippen LogP contribution in [-0.4, -0.2) is 54.9 Å². The number of likely N-dealkylation sites (tertiary alicyclic amines) is 1. The van der Waals surface area contributed by atoms with Gasteiger partial charge in [0.25, 0.3) is 5.52 Å². The van der Waals surface area contributed by atoms with Crippen molar-refractivity contribution in [3.05, 3.63) is 34.2 Å². The summed E-state index contributed by atoms with van der Waals surface area (Å²) < 4.78 is 11.5. The van der Waals surface area contributed by atoms with Gasteiger partial charge in [-0.15, -0.1) is 0 Å². The summed E-state index contributed by atoms with van der Waals surface area (Å²) in [5, 5.41) is 31.3. The lowest BCUT2D eigenvalue weighted by atomic mass is 10.2. The minimum absolute atomic E-state index is 0.0589. The number of nitrogens with one attached hydrogen (secondary N) is 1. The standard InChI is InChI=1S/C19H27N5O5/c1-13(2)29-18(25)6-8-20-19-21-24(27)17-10-14(4-5-16(17)23(19)26)12-28-15-7-9-22(3)11-15/h4-5,10,13,15H,6-9,11-12H2,1-3H3,(H,20,21). The van der Waals surface area contributed by atoms with Gasteiger partial charge in [-0.1, -0.05) is 6.07 Å². The Morgan fingerprint density at radius 1 is 1.38 bits per heavy atom. The third kappa shape index (κ3) is 5.42. The summed E-state index contributed by atoms with van der Waals surface area (Å²) in [4.78, 5) is 14.2. The lowest BCUT2D eigenvalue weighted by Gasteiger charge is -2.13. The van der Waals surface area contributed by atoms with Crippen molar-refractivity contribution in [3.63, 3.8) is 0 Å². The maximum Gasteiger partial charge on any atom is 0.460 e. The molecular formula is C19H27N5O5. The third-order valence-corrected chi connectivity index (χ3v) is 4.66. The van der Waals surface area contributed by atoms with Crippen LogP contribution in [0.25, 0.3) is 11.0 Å². The summed E-state index contributed by atoms with van der Waals surface area (Å²) in [5.74, 6) is -0.554. The van der Waals surface area contributed by atoms with Gasteiger partial charge in [-0.05, 0) is 38.9 Å². The molecule has 1 aromatic heterocycles. The van der Waals surface area contributed by atoms with Crippen LogP contribution in [0.4, 0.5) is 5.95 Å². The van der Waals surface area contributed by atoms with E-state index in [1.165, 1.54) is 0 Å². The second-order valence-electron chi connectivity index (χ2n) is 7.51. The van der Waals surface area contributed by atoms with Gasteiger partial charge in [0.05, 0.1) is 31.8 Å². The van der Waals surface area contributed by atoms with Crippen LogP contribution < -0.4 is 14.9 Å². The maximum absolute atomic E-state index is 12.5. The molecule has 1 aliphatic heterocycles. The summed E-state index contributed by atoms with van der Waals surface area (Å²) in [6, 6.07) is 4.96. The highest BCUT2D eigenvalue weighted by Gasteiger charge is 2.22. The fourth-order valence-corrected chi connectivity index (χ4v) is 3.23. The molecule has 1 unspecified atom stereocenters. The number of benzene rings is 1. The number of carbonyl (C=O) groups is 1. The first-order valence-electron chi connectivity index (χ1n) is 9.73. The molecule has 0 aliphatic carbocycles. The number of ether oxygens (including phenoxy) is 2. The van der Waals surface area contributed by atoms with Crippen LogP contribution in [-0.2, 0) is 20.9 Å². The van der Waals surface area contributed by atoms with Gasteiger partial charge in [-0.25, -0.2) is 4.73 Å². The van der Waals surface area contributed by atoms with E-state index in [4.69, 9.17) is 9.47 Å². The Morgan fingerprint density at radius 3 is 2.86 bits per heavy atom. The molecule has 3 rings (SSSR count). The third-order valence-electron chi connectivity index (χ3n) is 4.66. The number of rotatable bonds is 8.